The van der Waals surface area contributed by atoms with Gasteiger partial charge in [0.1, 0.15) is 5.60 Å². The van der Waals surface area contributed by atoms with Crippen molar-refractivity contribution in [3.63, 3.8) is 0 Å². The third kappa shape index (κ3) is 2.76. The number of carbonyl (C=O) groups excluding carboxylic acids is 1. The molecule has 3 heteroatoms. The smallest absolute Gasteiger partial charge is 0.306 e. The third-order valence-electron chi connectivity index (χ3n) is 3.41. The Bertz CT molecular complexity index is 295. The average molecular weight is 223 g/mol. The average Bonchev–Trinajstić information content (AvgIpc) is 2.24. The number of rotatable bonds is 3. The van der Waals surface area contributed by atoms with Gasteiger partial charge >= 0.3 is 5.97 Å². The molecular weight excluding hydrogens is 202 g/mol. The molecule has 1 saturated heterocycles. The largest absolute Gasteiger partial charge is 0.458 e. The zero-order chi connectivity index (χ0) is 12.2. The van der Waals surface area contributed by atoms with Crippen molar-refractivity contribution >= 4 is 5.97 Å². The standard InChI is InChI=1S/C13H21NO2/c1-5-7-13(16-12(15)6-2)8-9-14(4)10-11(13)3/h1,11H,6-10H2,2-4H3. The van der Waals surface area contributed by atoms with Gasteiger partial charge in [-0.2, -0.15) is 0 Å². The summed E-state index contributed by atoms with van der Waals surface area (Å²) in [5.41, 5.74) is -0.436. The molecule has 0 N–H and O–H groups in total. The van der Waals surface area contributed by atoms with Crippen molar-refractivity contribution in [1.29, 1.82) is 0 Å². The van der Waals surface area contributed by atoms with Crippen molar-refractivity contribution < 1.29 is 9.53 Å². The normalized spacial score (nSPS) is 30.8. The maximum absolute atomic E-state index is 11.5. The van der Waals surface area contributed by atoms with Gasteiger partial charge in [0.2, 0.25) is 0 Å². The van der Waals surface area contributed by atoms with Crippen molar-refractivity contribution in [2.24, 2.45) is 5.92 Å². The second kappa shape index (κ2) is 5.36. The van der Waals surface area contributed by atoms with Crippen molar-refractivity contribution in [2.45, 2.75) is 38.7 Å². The highest BCUT2D eigenvalue weighted by Crippen LogP contribution is 2.34. The molecule has 3 nitrogen and oxygen atoms in total. The molecule has 2 unspecified atom stereocenters. The molecule has 16 heavy (non-hydrogen) atoms. The van der Waals surface area contributed by atoms with Gasteiger partial charge in [-0.25, -0.2) is 0 Å². The molecular formula is C13H21NO2. The maximum Gasteiger partial charge on any atom is 0.306 e. The van der Waals surface area contributed by atoms with E-state index in [1.165, 1.54) is 0 Å². The van der Waals surface area contributed by atoms with E-state index < -0.39 is 5.60 Å². The first-order chi connectivity index (χ1) is 7.54. The van der Waals surface area contributed by atoms with E-state index in [0.29, 0.717) is 12.8 Å². The Labute approximate surface area is 98.1 Å². The molecule has 0 spiro atoms. The van der Waals surface area contributed by atoms with Crippen LogP contribution in [0.5, 0.6) is 0 Å². The molecule has 1 heterocycles. The Hall–Kier alpha value is -1.01. The van der Waals surface area contributed by atoms with Crippen LogP contribution < -0.4 is 0 Å². The number of likely N-dealkylation sites (tertiary alicyclic amines) is 1. The second-order valence-electron chi connectivity index (χ2n) is 4.69. The molecule has 90 valence electrons. The van der Waals surface area contributed by atoms with E-state index in [1.54, 1.807) is 0 Å². The monoisotopic (exact) mass is 223 g/mol. The predicted octanol–water partition coefficient (Wildman–Crippen LogP) is 1.67. The van der Waals surface area contributed by atoms with E-state index in [1.807, 2.05) is 6.92 Å². The zero-order valence-corrected chi connectivity index (χ0v) is 10.5. The number of nitrogens with zero attached hydrogens (tertiary/aromatic N) is 1. The highest BCUT2D eigenvalue weighted by Gasteiger charge is 2.42. The lowest BCUT2D eigenvalue weighted by molar-refractivity contribution is -0.171. The topological polar surface area (TPSA) is 29.5 Å². The van der Waals surface area contributed by atoms with Gasteiger partial charge < -0.3 is 9.64 Å². The molecule has 2 atom stereocenters. The van der Waals surface area contributed by atoms with Gasteiger partial charge in [0.15, 0.2) is 0 Å². The van der Waals surface area contributed by atoms with E-state index in [2.05, 4.69) is 24.8 Å². The Morgan fingerprint density at radius 2 is 2.38 bits per heavy atom. The van der Waals surface area contributed by atoms with Crippen LogP contribution in [0.15, 0.2) is 0 Å². The number of ether oxygens (including phenoxy) is 1. The SMILES string of the molecule is C#CCC1(OC(=O)CC)CCN(C)CC1C. The predicted molar refractivity (Wildman–Crippen MR) is 63.8 cm³/mol. The number of hydrogen-bond acceptors (Lipinski definition) is 3. The molecule has 1 fully saturated rings. The Balaban J connectivity index is 2.79. The van der Waals surface area contributed by atoms with Crippen LogP contribution in [0.3, 0.4) is 0 Å². The van der Waals surface area contributed by atoms with E-state index in [4.69, 9.17) is 11.2 Å². The summed E-state index contributed by atoms with van der Waals surface area (Å²) in [6, 6.07) is 0. The molecule has 0 amide bonds. The number of terminal acetylenes is 1. The molecule has 1 rings (SSSR count). The quantitative estimate of drug-likeness (QED) is 0.538. The Morgan fingerprint density at radius 1 is 1.69 bits per heavy atom. The molecule has 0 aromatic carbocycles. The molecule has 0 radical (unpaired) electrons. The summed E-state index contributed by atoms with van der Waals surface area (Å²) in [7, 11) is 2.08. The summed E-state index contributed by atoms with van der Waals surface area (Å²) in [6.07, 6.45) is 7.17. The highest BCUT2D eigenvalue weighted by molar-refractivity contribution is 5.69. The van der Waals surface area contributed by atoms with Crippen LogP contribution in [0.2, 0.25) is 0 Å². The van der Waals surface area contributed by atoms with Gasteiger partial charge in [-0.15, -0.1) is 12.3 Å². The fourth-order valence-corrected chi connectivity index (χ4v) is 2.27. The van der Waals surface area contributed by atoms with E-state index in [0.717, 1.165) is 19.5 Å². The van der Waals surface area contributed by atoms with E-state index >= 15 is 0 Å². The summed E-state index contributed by atoms with van der Waals surface area (Å²) >= 11 is 0. The lowest BCUT2D eigenvalue weighted by Crippen LogP contribution is -2.52. The highest BCUT2D eigenvalue weighted by atomic mass is 16.6. The fraction of sp³-hybridized carbons (Fsp3) is 0.769. The summed E-state index contributed by atoms with van der Waals surface area (Å²) in [6.45, 7) is 5.78. The van der Waals surface area contributed by atoms with Crippen LogP contribution in [0, 0.1) is 18.3 Å². The van der Waals surface area contributed by atoms with Crippen molar-refractivity contribution in [2.75, 3.05) is 20.1 Å². The van der Waals surface area contributed by atoms with Gasteiger partial charge in [0.25, 0.3) is 0 Å². The van der Waals surface area contributed by atoms with Gasteiger partial charge in [0.05, 0.1) is 0 Å². The zero-order valence-electron chi connectivity index (χ0n) is 10.5. The number of esters is 1. The van der Waals surface area contributed by atoms with Gasteiger partial charge in [-0.05, 0) is 7.05 Å². The van der Waals surface area contributed by atoms with Gasteiger partial charge in [-0.3, -0.25) is 4.79 Å². The molecule has 0 aliphatic carbocycles. The van der Waals surface area contributed by atoms with Crippen molar-refractivity contribution in [3.8, 4) is 12.3 Å². The minimum atomic E-state index is -0.436. The lowest BCUT2D eigenvalue weighted by atomic mass is 9.79. The molecule has 0 aromatic rings. The van der Waals surface area contributed by atoms with Gasteiger partial charge in [0, 0.05) is 38.3 Å². The molecule has 1 aliphatic heterocycles. The maximum atomic E-state index is 11.5. The summed E-state index contributed by atoms with van der Waals surface area (Å²) in [5, 5.41) is 0. The number of piperidine rings is 1. The minimum Gasteiger partial charge on any atom is -0.458 e. The summed E-state index contributed by atoms with van der Waals surface area (Å²) < 4.78 is 5.62. The molecule has 0 aromatic heterocycles. The van der Waals surface area contributed by atoms with Crippen LogP contribution in [-0.4, -0.2) is 36.6 Å². The van der Waals surface area contributed by atoms with Crippen LogP contribution in [0.1, 0.15) is 33.1 Å². The Kier molecular flexibility index (Phi) is 4.37. The lowest BCUT2D eigenvalue weighted by Gasteiger charge is -2.44. The first-order valence-corrected chi connectivity index (χ1v) is 5.88. The molecule has 0 saturated carbocycles. The van der Waals surface area contributed by atoms with Crippen LogP contribution in [0.4, 0.5) is 0 Å². The molecule has 0 bridgehead atoms. The van der Waals surface area contributed by atoms with E-state index in [9.17, 15) is 4.79 Å². The first-order valence-electron chi connectivity index (χ1n) is 5.88. The minimum absolute atomic E-state index is 0.147. The number of hydrogen-bond donors (Lipinski definition) is 0. The summed E-state index contributed by atoms with van der Waals surface area (Å²) in [4.78, 5) is 13.7. The summed E-state index contributed by atoms with van der Waals surface area (Å²) in [5.74, 6) is 2.80. The van der Waals surface area contributed by atoms with Crippen LogP contribution in [-0.2, 0) is 9.53 Å². The van der Waals surface area contributed by atoms with Crippen molar-refractivity contribution in [1.82, 2.24) is 4.90 Å². The first kappa shape index (κ1) is 13.1. The van der Waals surface area contributed by atoms with Crippen LogP contribution in [0.25, 0.3) is 0 Å². The van der Waals surface area contributed by atoms with Crippen LogP contribution >= 0.6 is 0 Å². The second-order valence-corrected chi connectivity index (χ2v) is 4.69. The fourth-order valence-electron chi connectivity index (χ4n) is 2.27. The number of carbonyl (C=O) groups is 1. The van der Waals surface area contributed by atoms with E-state index in [-0.39, 0.29) is 11.9 Å². The Morgan fingerprint density at radius 3 is 2.88 bits per heavy atom. The third-order valence-corrected chi connectivity index (χ3v) is 3.41. The van der Waals surface area contributed by atoms with Gasteiger partial charge in [-0.1, -0.05) is 13.8 Å². The molecule has 1 aliphatic rings. The van der Waals surface area contributed by atoms with Crippen molar-refractivity contribution in [3.05, 3.63) is 0 Å².